The third kappa shape index (κ3) is 2.29. The third-order valence-corrected chi connectivity index (χ3v) is 1.15. The van der Waals surface area contributed by atoms with Gasteiger partial charge in [-0.3, -0.25) is 0 Å². The maximum atomic E-state index is 4.20. The molecular weight excluding hydrogens is 164 g/mol. The van der Waals surface area contributed by atoms with Crippen molar-refractivity contribution in [1.29, 1.82) is 0 Å². The van der Waals surface area contributed by atoms with Crippen molar-refractivity contribution in [2.75, 3.05) is 0 Å². The van der Waals surface area contributed by atoms with E-state index in [2.05, 4.69) is 17.6 Å². The molecular formula is C6H10CuN2. The van der Waals surface area contributed by atoms with Gasteiger partial charge in [-0.1, -0.05) is 20.3 Å². The summed E-state index contributed by atoms with van der Waals surface area (Å²) in [5.74, 6) is 0. The summed E-state index contributed by atoms with van der Waals surface area (Å²) in [5.41, 5.74) is 1.05. The minimum absolute atomic E-state index is 0. The van der Waals surface area contributed by atoms with Crippen molar-refractivity contribution >= 4 is 0 Å². The van der Waals surface area contributed by atoms with Crippen molar-refractivity contribution in [3.63, 3.8) is 0 Å². The molecule has 2 nitrogen and oxygen atoms in total. The van der Waals surface area contributed by atoms with E-state index in [-0.39, 0.29) is 23.2 Å². The van der Waals surface area contributed by atoms with Crippen LogP contribution in [0.15, 0.2) is 11.9 Å². The van der Waals surface area contributed by atoms with E-state index in [1.54, 1.807) is 0 Å². The van der Waals surface area contributed by atoms with Crippen LogP contribution in [-0.2, 0) is 17.1 Å². The molecule has 9 heavy (non-hydrogen) atoms. The number of rotatable bonds is 1. The summed E-state index contributed by atoms with van der Waals surface area (Å²) in [6.07, 6.45) is 3.08. The molecule has 0 amide bonds. The first-order valence-corrected chi connectivity index (χ1v) is 2.90. The van der Waals surface area contributed by atoms with E-state index in [0.29, 0.717) is 0 Å². The number of allylic oxidation sites excluding steroid dienone is 1. The Morgan fingerprint density at radius 3 is 2.56 bits per heavy atom. The largest absolute Gasteiger partial charge is 2.00 e. The Bertz CT molecular complexity index is 112. The van der Waals surface area contributed by atoms with Crippen LogP contribution < -0.4 is 0 Å². The molecule has 0 bridgehead atoms. The van der Waals surface area contributed by atoms with Gasteiger partial charge in [0, 0.05) is 0 Å². The van der Waals surface area contributed by atoms with Crippen LogP contribution in [0.1, 0.15) is 20.3 Å². The molecule has 3 heteroatoms. The fraction of sp³-hybridized carbons (Fsp3) is 0.667. The van der Waals surface area contributed by atoms with E-state index >= 15 is 0 Å². The van der Waals surface area contributed by atoms with Crippen molar-refractivity contribution < 1.29 is 17.1 Å². The number of nitrogens with zero attached hydrogens (tertiary/aromatic N) is 2. The van der Waals surface area contributed by atoms with Crippen LogP contribution in [0.2, 0.25) is 0 Å². The summed E-state index contributed by atoms with van der Waals surface area (Å²) in [5, 5.41) is 8.31. The molecule has 0 spiro atoms. The number of hydrogen-bond acceptors (Lipinski definition) is 0. The molecule has 0 saturated heterocycles. The molecule has 1 aliphatic rings. The van der Waals surface area contributed by atoms with Crippen LogP contribution in [0.5, 0.6) is 0 Å². The van der Waals surface area contributed by atoms with Gasteiger partial charge in [-0.05, 0) is 0 Å². The van der Waals surface area contributed by atoms with Gasteiger partial charge in [0.15, 0.2) is 0 Å². The first-order chi connectivity index (χ1) is 3.83. The monoisotopic (exact) mass is 173 g/mol. The second-order valence-corrected chi connectivity index (χ2v) is 1.94. The predicted molar refractivity (Wildman–Crippen MR) is 34.6 cm³/mol. The molecule has 0 aliphatic carbocycles. The van der Waals surface area contributed by atoms with Crippen LogP contribution >= 0.6 is 0 Å². The van der Waals surface area contributed by atoms with Crippen molar-refractivity contribution in [3.05, 3.63) is 22.5 Å². The smallest absolute Gasteiger partial charge is 0.704 e. The van der Waals surface area contributed by atoms with Crippen LogP contribution in [0.25, 0.3) is 10.6 Å². The minimum Gasteiger partial charge on any atom is -0.704 e. The first-order valence-electron chi connectivity index (χ1n) is 2.90. The van der Waals surface area contributed by atoms with Crippen molar-refractivity contribution in [3.8, 4) is 0 Å². The normalized spacial score (nSPS) is 23.3. The average molecular weight is 174 g/mol. The third-order valence-electron chi connectivity index (χ3n) is 1.15. The Morgan fingerprint density at radius 2 is 2.33 bits per heavy atom. The van der Waals surface area contributed by atoms with Gasteiger partial charge in [-0.15, -0.1) is 0 Å². The minimum atomic E-state index is 0. The van der Waals surface area contributed by atoms with Crippen LogP contribution in [0.3, 0.4) is 0 Å². The van der Waals surface area contributed by atoms with E-state index in [1.807, 2.05) is 13.1 Å². The summed E-state index contributed by atoms with van der Waals surface area (Å²) in [7, 11) is 0. The van der Waals surface area contributed by atoms with Gasteiger partial charge in [0.05, 0.1) is 0 Å². The van der Waals surface area contributed by atoms with Gasteiger partial charge < -0.3 is 10.6 Å². The Labute approximate surface area is 66.6 Å². The molecule has 1 aliphatic heterocycles. The Hall–Kier alpha value is -0.141. The molecule has 1 rings (SSSR count). The fourth-order valence-corrected chi connectivity index (χ4v) is 0.692. The quantitative estimate of drug-likeness (QED) is 0.545. The standard InChI is InChI=1S/C6H10N2.Cu/c1-3-6-7-4-5(2)8-6;/h4,6H,3H2,1-2H3;/q-2;+2. The van der Waals surface area contributed by atoms with Gasteiger partial charge >= 0.3 is 17.1 Å². The van der Waals surface area contributed by atoms with Crippen LogP contribution in [0.4, 0.5) is 0 Å². The van der Waals surface area contributed by atoms with E-state index in [9.17, 15) is 0 Å². The van der Waals surface area contributed by atoms with E-state index in [0.717, 1.165) is 12.1 Å². The molecule has 0 N–H and O–H groups in total. The molecule has 0 saturated carbocycles. The van der Waals surface area contributed by atoms with Crippen LogP contribution in [0, 0.1) is 0 Å². The molecule has 55 valence electrons. The van der Waals surface area contributed by atoms with E-state index in [1.165, 1.54) is 0 Å². The summed E-state index contributed by atoms with van der Waals surface area (Å²) >= 11 is 0. The maximum Gasteiger partial charge on any atom is 2.00 e. The summed E-state index contributed by atoms with van der Waals surface area (Å²) in [4.78, 5) is 0. The van der Waals surface area contributed by atoms with Gasteiger partial charge in [0.2, 0.25) is 0 Å². The molecule has 1 atom stereocenters. The second kappa shape index (κ2) is 3.80. The molecule has 0 fully saturated rings. The summed E-state index contributed by atoms with van der Waals surface area (Å²) < 4.78 is 0. The molecule has 0 aromatic heterocycles. The SMILES string of the molecule is CCC1[N-]C=C(C)[N-]1.[Cu+2]. The van der Waals surface area contributed by atoms with Crippen molar-refractivity contribution in [1.82, 2.24) is 0 Å². The molecule has 0 aromatic carbocycles. The molecule has 1 unspecified atom stereocenters. The average Bonchev–Trinajstić information content (AvgIpc) is 2.14. The van der Waals surface area contributed by atoms with Gasteiger partial charge in [-0.25, -0.2) is 6.17 Å². The maximum absolute atomic E-state index is 4.20. The zero-order valence-corrected chi connectivity index (χ0v) is 6.50. The zero-order valence-electron chi connectivity index (χ0n) is 5.56. The van der Waals surface area contributed by atoms with E-state index in [4.69, 9.17) is 0 Å². The fourth-order valence-electron chi connectivity index (χ4n) is 0.692. The second-order valence-electron chi connectivity index (χ2n) is 1.94. The Balaban J connectivity index is 0.000000640. The topological polar surface area (TPSA) is 28.2 Å². The van der Waals surface area contributed by atoms with Crippen molar-refractivity contribution in [2.24, 2.45) is 0 Å². The van der Waals surface area contributed by atoms with Gasteiger partial charge in [0.25, 0.3) is 0 Å². The predicted octanol–water partition coefficient (Wildman–Crippen LogP) is 2.34. The Morgan fingerprint density at radius 1 is 1.67 bits per heavy atom. The molecule has 1 heterocycles. The van der Waals surface area contributed by atoms with Gasteiger partial charge in [0.1, 0.15) is 0 Å². The molecule has 1 radical (unpaired) electrons. The first kappa shape index (κ1) is 8.86. The zero-order chi connectivity index (χ0) is 5.98. The Kier molecular flexibility index (Phi) is 3.74. The van der Waals surface area contributed by atoms with E-state index < -0.39 is 0 Å². The summed E-state index contributed by atoms with van der Waals surface area (Å²) in [6.45, 7) is 4.06. The molecule has 0 aromatic rings. The van der Waals surface area contributed by atoms with Crippen molar-refractivity contribution in [2.45, 2.75) is 26.4 Å². The summed E-state index contributed by atoms with van der Waals surface area (Å²) in [6, 6.07) is 0. The van der Waals surface area contributed by atoms with Gasteiger partial charge in [-0.2, -0.15) is 11.9 Å². The van der Waals surface area contributed by atoms with Crippen LogP contribution in [-0.4, -0.2) is 6.17 Å². The number of hydrogen-bond donors (Lipinski definition) is 0.